The monoisotopic (exact) mass is 275 g/mol. The highest BCUT2D eigenvalue weighted by Gasteiger charge is 2.15. The van der Waals surface area contributed by atoms with E-state index in [0.717, 1.165) is 0 Å². The Kier molecular flexibility index (Phi) is 8.95. The van der Waals surface area contributed by atoms with Crippen LogP contribution in [-0.2, 0) is 14.3 Å². The van der Waals surface area contributed by atoms with Crippen molar-refractivity contribution in [3.8, 4) is 0 Å². The van der Waals surface area contributed by atoms with Crippen LogP contribution in [0.25, 0.3) is 0 Å². The summed E-state index contributed by atoms with van der Waals surface area (Å²) < 4.78 is 9.98. The second kappa shape index (κ2) is 9.61. The average Bonchev–Trinajstić information content (AvgIpc) is 2.28. The number of alkyl carbamates (subject to hydrolysis) is 1. The lowest BCUT2D eigenvalue weighted by Crippen LogP contribution is -2.33. The molecule has 0 aromatic carbocycles. The lowest BCUT2D eigenvalue weighted by atomic mass is 10.2. The number of carbonyl (C=O) groups excluding carboxylic acids is 2. The summed E-state index contributed by atoms with van der Waals surface area (Å²) in [7, 11) is 0. The number of aliphatic hydroxyl groups excluding tert-OH is 1. The van der Waals surface area contributed by atoms with Crippen LogP contribution in [-0.4, -0.2) is 42.5 Å². The van der Waals surface area contributed by atoms with Crippen LogP contribution in [0.15, 0.2) is 0 Å². The molecule has 0 aliphatic heterocycles. The predicted molar refractivity (Wildman–Crippen MR) is 70.7 cm³/mol. The van der Waals surface area contributed by atoms with E-state index in [2.05, 4.69) is 5.32 Å². The van der Waals surface area contributed by atoms with Crippen LogP contribution in [0, 0.1) is 0 Å². The standard InChI is InChI=1S/C13H25NO5/c1-13(2,3)19-12(17)14-8-6-7-11(16)18-10-5-4-9-15/h15H,4-10H2,1-3H3,(H,14,17). The van der Waals surface area contributed by atoms with Gasteiger partial charge in [0.1, 0.15) is 5.60 Å². The molecule has 6 nitrogen and oxygen atoms in total. The summed E-state index contributed by atoms with van der Waals surface area (Å²) >= 11 is 0. The molecular formula is C13H25NO5. The molecule has 0 saturated heterocycles. The minimum absolute atomic E-state index is 0.108. The lowest BCUT2D eigenvalue weighted by molar-refractivity contribution is -0.143. The molecule has 0 rings (SSSR count). The van der Waals surface area contributed by atoms with Crippen molar-refractivity contribution in [3.63, 3.8) is 0 Å². The van der Waals surface area contributed by atoms with E-state index >= 15 is 0 Å². The Labute approximate surface area is 114 Å². The number of carbonyl (C=O) groups is 2. The van der Waals surface area contributed by atoms with Crippen molar-refractivity contribution in [2.75, 3.05) is 19.8 Å². The highest BCUT2D eigenvalue weighted by atomic mass is 16.6. The van der Waals surface area contributed by atoms with E-state index in [9.17, 15) is 9.59 Å². The molecule has 0 aromatic heterocycles. The fraction of sp³-hybridized carbons (Fsp3) is 0.846. The Morgan fingerprint density at radius 2 is 1.84 bits per heavy atom. The van der Waals surface area contributed by atoms with Gasteiger partial charge in [0.25, 0.3) is 0 Å². The third-order valence-corrected chi connectivity index (χ3v) is 2.04. The SMILES string of the molecule is CC(C)(C)OC(=O)NCCCC(=O)OCCCCO. The topological polar surface area (TPSA) is 84.9 Å². The van der Waals surface area contributed by atoms with Gasteiger partial charge in [-0.1, -0.05) is 0 Å². The molecule has 0 aromatic rings. The molecular weight excluding hydrogens is 250 g/mol. The van der Waals surface area contributed by atoms with Gasteiger partial charge in [0.2, 0.25) is 0 Å². The summed E-state index contributed by atoms with van der Waals surface area (Å²) in [6.07, 6.45) is 1.59. The van der Waals surface area contributed by atoms with Gasteiger partial charge < -0.3 is 19.9 Å². The van der Waals surface area contributed by atoms with Gasteiger partial charge in [0.05, 0.1) is 6.61 Å². The van der Waals surface area contributed by atoms with Gasteiger partial charge in [-0.2, -0.15) is 0 Å². The van der Waals surface area contributed by atoms with Crippen molar-refractivity contribution < 1.29 is 24.2 Å². The van der Waals surface area contributed by atoms with E-state index in [1.54, 1.807) is 20.8 Å². The number of unbranched alkanes of at least 4 members (excludes halogenated alkanes) is 1. The van der Waals surface area contributed by atoms with Crippen LogP contribution < -0.4 is 5.32 Å². The number of amides is 1. The van der Waals surface area contributed by atoms with E-state index in [1.165, 1.54) is 0 Å². The molecule has 1 amide bonds. The average molecular weight is 275 g/mol. The van der Waals surface area contributed by atoms with Crippen LogP contribution in [0.2, 0.25) is 0 Å². The molecule has 0 heterocycles. The van der Waals surface area contributed by atoms with Gasteiger partial charge in [-0.15, -0.1) is 0 Å². The molecule has 2 N–H and O–H groups in total. The number of hydrogen-bond acceptors (Lipinski definition) is 5. The van der Waals surface area contributed by atoms with E-state index < -0.39 is 11.7 Å². The first-order valence-corrected chi connectivity index (χ1v) is 6.58. The van der Waals surface area contributed by atoms with Crippen molar-refractivity contribution in [1.29, 1.82) is 0 Å². The van der Waals surface area contributed by atoms with Crippen molar-refractivity contribution >= 4 is 12.1 Å². The zero-order chi connectivity index (χ0) is 14.7. The first-order valence-electron chi connectivity index (χ1n) is 6.58. The minimum atomic E-state index is -0.518. The normalized spacial score (nSPS) is 10.9. The zero-order valence-electron chi connectivity index (χ0n) is 12.0. The fourth-order valence-corrected chi connectivity index (χ4v) is 1.21. The smallest absolute Gasteiger partial charge is 0.407 e. The van der Waals surface area contributed by atoms with E-state index in [1.807, 2.05) is 0 Å². The molecule has 0 fully saturated rings. The summed E-state index contributed by atoms with van der Waals surface area (Å²) in [6, 6.07) is 0. The third-order valence-electron chi connectivity index (χ3n) is 2.04. The number of ether oxygens (including phenoxy) is 2. The lowest BCUT2D eigenvalue weighted by Gasteiger charge is -2.19. The maximum absolute atomic E-state index is 11.3. The molecule has 0 unspecified atom stereocenters. The molecule has 0 bridgehead atoms. The highest BCUT2D eigenvalue weighted by Crippen LogP contribution is 2.06. The Morgan fingerprint density at radius 1 is 1.16 bits per heavy atom. The van der Waals surface area contributed by atoms with Crippen LogP contribution in [0.1, 0.15) is 46.5 Å². The zero-order valence-corrected chi connectivity index (χ0v) is 12.0. The summed E-state index contributed by atoms with van der Waals surface area (Å²) in [5, 5.41) is 11.1. The van der Waals surface area contributed by atoms with Gasteiger partial charge in [-0.05, 0) is 40.0 Å². The number of esters is 1. The molecule has 0 atom stereocenters. The minimum Gasteiger partial charge on any atom is -0.466 e. The summed E-state index contributed by atoms with van der Waals surface area (Å²) in [4.78, 5) is 22.5. The molecule has 0 aliphatic rings. The summed E-state index contributed by atoms with van der Waals surface area (Å²) in [5.74, 6) is -0.288. The summed E-state index contributed by atoms with van der Waals surface area (Å²) in [5.41, 5.74) is -0.518. The van der Waals surface area contributed by atoms with Gasteiger partial charge in [-0.3, -0.25) is 4.79 Å². The molecule has 112 valence electrons. The molecule has 6 heteroatoms. The van der Waals surface area contributed by atoms with Crippen LogP contribution in [0.5, 0.6) is 0 Å². The maximum atomic E-state index is 11.3. The number of aliphatic hydroxyl groups is 1. The molecule has 0 spiro atoms. The molecule has 0 aliphatic carbocycles. The molecule has 19 heavy (non-hydrogen) atoms. The third kappa shape index (κ3) is 12.9. The number of nitrogens with one attached hydrogen (secondary N) is 1. The Balaban J connectivity index is 3.48. The first kappa shape index (κ1) is 17.7. The molecule has 0 saturated carbocycles. The Morgan fingerprint density at radius 3 is 2.42 bits per heavy atom. The highest BCUT2D eigenvalue weighted by molar-refractivity contribution is 5.70. The first-order chi connectivity index (χ1) is 8.85. The van der Waals surface area contributed by atoms with Crippen molar-refractivity contribution in [2.45, 2.75) is 52.1 Å². The quantitative estimate of drug-likeness (QED) is 0.519. The van der Waals surface area contributed by atoms with Crippen molar-refractivity contribution in [1.82, 2.24) is 5.32 Å². The van der Waals surface area contributed by atoms with Crippen molar-refractivity contribution in [3.05, 3.63) is 0 Å². The summed E-state index contributed by atoms with van der Waals surface area (Å²) in [6.45, 7) is 6.18. The predicted octanol–water partition coefficient (Wildman–Crippen LogP) is 1.61. The number of rotatable bonds is 8. The Hall–Kier alpha value is -1.30. The second-order valence-electron chi connectivity index (χ2n) is 5.18. The number of hydrogen-bond donors (Lipinski definition) is 2. The van der Waals surface area contributed by atoms with E-state index in [4.69, 9.17) is 14.6 Å². The Bertz CT molecular complexity index is 273. The van der Waals surface area contributed by atoms with Gasteiger partial charge in [0, 0.05) is 19.6 Å². The van der Waals surface area contributed by atoms with Crippen molar-refractivity contribution in [2.24, 2.45) is 0 Å². The fourth-order valence-electron chi connectivity index (χ4n) is 1.21. The van der Waals surface area contributed by atoms with Gasteiger partial charge in [0.15, 0.2) is 0 Å². The van der Waals surface area contributed by atoms with Gasteiger partial charge >= 0.3 is 12.1 Å². The largest absolute Gasteiger partial charge is 0.466 e. The molecule has 0 radical (unpaired) electrons. The van der Waals surface area contributed by atoms with E-state index in [0.29, 0.717) is 32.4 Å². The van der Waals surface area contributed by atoms with E-state index in [-0.39, 0.29) is 19.0 Å². The second-order valence-corrected chi connectivity index (χ2v) is 5.18. The van der Waals surface area contributed by atoms with Crippen LogP contribution in [0.4, 0.5) is 4.79 Å². The van der Waals surface area contributed by atoms with Crippen LogP contribution >= 0.6 is 0 Å². The van der Waals surface area contributed by atoms with Gasteiger partial charge in [-0.25, -0.2) is 4.79 Å². The maximum Gasteiger partial charge on any atom is 0.407 e. The van der Waals surface area contributed by atoms with Crippen LogP contribution in [0.3, 0.4) is 0 Å².